The molecule has 1 saturated carbocycles. The minimum Gasteiger partial charge on any atom is -0.314 e. The maximum atomic E-state index is 11.4. The van der Waals surface area contributed by atoms with Crippen molar-refractivity contribution in [3.63, 3.8) is 0 Å². The van der Waals surface area contributed by atoms with Crippen LogP contribution in [0.2, 0.25) is 0 Å². The van der Waals surface area contributed by atoms with E-state index in [1.807, 2.05) is 6.26 Å². The van der Waals surface area contributed by atoms with Crippen molar-refractivity contribution < 1.29 is 4.21 Å². The lowest BCUT2D eigenvalue weighted by Gasteiger charge is -2.33. The second kappa shape index (κ2) is 7.75. The number of hydrogen-bond donors (Lipinski definition) is 2. The van der Waals surface area contributed by atoms with Gasteiger partial charge in [0, 0.05) is 34.4 Å². The summed E-state index contributed by atoms with van der Waals surface area (Å²) in [6.07, 6.45) is 11.0. The van der Waals surface area contributed by atoms with Crippen molar-refractivity contribution in [1.29, 1.82) is 0 Å². The van der Waals surface area contributed by atoms with Gasteiger partial charge >= 0.3 is 0 Å². The van der Waals surface area contributed by atoms with Gasteiger partial charge in [0.15, 0.2) is 0 Å². The molecule has 1 aliphatic carbocycles. The smallest absolute Gasteiger partial charge is 0.0329 e. The summed E-state index contributed by atoms with van der Waals surface area (Å²) in [5.74, 6) is 0.822. The topological polar surface area (TPSA) is 41.1 Å². The minimum absolute atomic E-state index is 0.320. The molecule has 2 fully saturated rings. The minimum atomic E-state index is -0.679. The zero-order chi connectivity index (χ0) is 13.7. The Labute approximate surface area is 120 Å². The fourth-order valence-electron chi connectivity index (χ4n) is 3.61. The van der Waals surface area contributed by atoms with E-state index in [0.29, 0.717) is 11.3 Å². The van der Waals surface area contributed by atoms with Gasteiger partial charge in [-0.25, -0.2) is 0 Å². The quantitative estimate of drug-likeness (QED) is 0.785. The summed E-state index contributed by atoms with van der Waals surface area (Å²) in [5, 5.41) is 7.78. The SMILES string of the molecule is CC(CCNC1CCCC1C1CCCCN1)S(C)=O. The number of hydrogen-bond acceptors (Lipinski definition) is 3. The zero-order valence-electron chi connectivity index (χ0n) is 12.5. The summed E-state index contributed by atoms with van der Waals surface area (Å²) in [6, 6.07) is 1.43. The van der Waals surface area contributed by atoms with Crippen LogP contribution in [0, 0.1) is 5.92 Å². The lowest BCUT2D eigenvalue weighted by atomic mass is 9.88. The molecular formula is C15H30N2OS. The Morgan fingerprint density at radius 2 is 2.11 bits per heavy atom. The highest BCUT2D eigenvalue weighted by Gasteiger charge is 2.33. The molecule has 0 aromatic heterocycles. The van der Waals surface area contributed by atoms with Crippen molar-refractivity contribution in [1.82, 2.24) is 10.6 Å². The van der Waals surface area contributed by atoms with Crippen LogP contribution in [0.4, 0.5) is 0 Å². The fraction of sp³-hybridized carbons (Fsp3) is 1.00. The molecule has 4 heteroatoms. The van der Waals surface area contributed by atoms with Crippen LogP contribution in [0.15, 0.2) is 0 Å². The summed E-state index contributed by atoms with van der Waals surface area (Å²) in [5.41, 5.74) is 0. The molecular weight excluding hydrogens is 256 g/mol. The Balaban J connectivity index is 1.74. The van der Waals surface area contributed by atoms with Crippen LogP contribution in [0.5, 0.6) is 0 Å². The Morgan fingerprint density at radius 3 is 2.79 bits per heavy atom. The van der Waals surface area contributed by atoms with E-state index >= 15 is 0 Å². The molecule has 2 aliphatic rings. The van der Waals surface area contributed by atoms with Crippen molar-refractivity contribution in [2.75, 3.05) is 19.3 Å². The summed E-state index contributed by atoms with van der Waals surface area (Å²) in [4.78, 5) is 0. The van der Waals surface area contributed by atoms with Crippen molar-refractivity contribution in [3.05, 3.63) is 0 Å². The summed E-state index contributed by atoms with van der Waals surface area (Å²) in [7, 11) is -0.679. The molecule has 19 heavy (non-hydrogen) atoms. The molecule has 1 aliphatic heterocycles. The van der Waals surface area contributed by atoms with Gasteiger partial charge in [-0.1, -0.05) is 19.8 Å². The van der Waals surface area contributed by atoms with E-state index in [1.165, 1.54) is 45.1 Å². The van der Waals surface area contributed by atoms with Gasteiger partial charge in [-0.05, 0) is 51.1 Å². The summed E-state index contributed by atoms with van der Waals surface area (Å²) < 4.78 is 11.4. The van der Waals surface area contributed by atoms with Gasteiger partial charge < -0.3 is 10.6 Å². The molecule has 0 aromatic rings. The third-order valence-corrected chi connectivity index (χ3v) is 6.33. The van der Waals surface area contributed by atoms with E-state index < -0.39 is 10.8 Å². The first kappa shape index (κ1) is 15.5. The number of rotatable bonds is 6. The van der Waals surface area contributed by atoms with Crippen molar-refractivity contribution >= 4 is 10.8 Å². The van der Waals surface area contributed by atoms with Gasteiger partial charge in [-0.3, -0.25) is 4.21 Å². The average Bonchev–Trinajstić information content (AvgIpc) is 2.88. The van der Waals surface area contributed by atoms with Gasteiger partial charge in [-0.2, -0.15) is 0 Å². The first-order valence-electron chi connectivity index (χ1n) is 7.97. The number of nitrogens with one attached hydrogen (secondary N) is 2. The monoisotopic (exact) mass is 286 g/mol. The highest BCUT2D eigenvalue weighted by molar-refractivity contribution is 7.84. The predicted molar refractivity (Wildman–Crippen MR) is 82.9 cm³/mol. The highest BCUT2D eigenvalue weighted by atomic mass is 32.2. The van der Waals surface area contributed by atoms with E-state index in [-0.39, 0.29) is 0 Å². The third-order valence-electron chi connectivity index (χ3n) is 4.96. The first-order chi connectivity index (χ1) is 9.18. The highest BCUT2D eigenvalue weighted by Crippen LogP contribution is 2.31. The molecule has 0 aromatic carbocycles. The lowest BCUT2D eigenvalue weighted by molar-refractivity contribution is 0.257. The molecule has 3 nitrogen and oxygen atoms in total. The Morgan fingerprint density at radius 1 is 1.26 bits per heavy atom. The van der Waals surface area contributed by atoms with Crippen LogP contribution in [-0.2, 0) is 10.8 Å². The second-order valence-electron chi connectivity index (χ2n) is 6.31. The Kier molecular flexibility index (Phi) is 6.30. The molecule has 112 valence electrons. The largest absolute Gasteiger partial charge is 0.314 e. The second-order valence-corrected chi connectivity index (χ2v) is 8.11. The molecule has 5 unspecified atom stereocenters. The van der Waals surface area contributed by atoms with E-state index in [9.17, 15) is 4.21 Å². The van der Waals surface area contributed by atoms with Crippen molar-refractivity contribution in [2.45, 2.75) is 69.2 Å². The number of piperidine rings is 1. The summed E-state index contributed by atoms with van der Waals surface area (Å²) >= 11 is 0. The molecule has 2 rings (SSSR count). The van der Waals surface area contributed by atoms with E-state index in [1.54, 1.807) is 0 Å². The standard InChI is InChI=1S/C15H30N2OS/c1-12(19(2)18)9-11-17-15-8-5-6-13(15)14-7-3-4-10-16-14/h12-17H,3-11H2,1-2H3. The molecule has 5 atom stereocenters. The van der Waals surface area contributed by atoms with E-state index in [0.717, 1.165) is 24.9 Å². The van der Waals surface area contributed by atoms with Gasteiger partial charge in [0.05, 0.1) is 0 Å². The Hall–Kier alpha value is 0.0700. The van der Waals surface area contributed by atoms with Crippen molar-refractivity contribution in [3.8, 4) is 0 Å². The van der Waals surface area contributed by atoms with Crippen LogP contribution in [0.25, 0.3) is 0 Å². The van der Waals surface area contributed by atoms with Crippen LogP contribution >= 0.6 is 0 Å². The fourth-order valence-corrected chi connectivity index (χ4v) is 4.06. The molecule has 0 spiro atoms. The molecule has 1 saturated heterocycles. The maximum absolute atomic E-state index is 11.4. The van der Waals surface area contributed by atoms with Crippen molar-refractivity contribution in [2.24, 2.45) is 5.92 Å². The third kappa shape index (κ3) is 4.54. The van der Waals surface area contributed by atoms with Crippen LogP contribution in [0.3, 0.4) is 0 Å². The molecule has 2 N–H and O–H groups in total. The van der Waals surface area contributed by atoms with Gasteiger partial charge in [-0.15, -0.1) is 0 Å². The van der Waals surface area contributed by atoms with Crippen LogP contribution in [0.1, 0.15) is 51.9 Å². The van der Waals surface area contributed by atoms with Crippen LogP contribution in [-0.4, -0.2) is 40.9 Å². The molecule has 0 bridgehead atoms. The predicted octanol–water partition coefficient (Wildman–Crippen LogP) is 2.04. The summed E-state index contributed by atoms with van der Waals surface area (Å²) in [6.45, 7) is 4.32. The molecule has 1 heterocycles. The normalized spacial score (nSPS) is 35.2. The lowest BCUT2D eigenvalue weighted by Crippen LogP contribution is -2.47. The Bertz CT molecular complexity index is 292. The van der Waals surface area contributed by atoms with Gasteiger partial charge in [0.2, 0.25) is 0 Å². The van der Waals surface area contributed by atoms with E-state index in [4.69, 9.17) is 0 Å². The van der Waals surface area contributed by atoms with Crippen LogP contribution < -0.4 is 10.6 Å². The van der Waals surface area contributed by atoms with Gasteiger partial charge in [0.1, 0.15) is 0 Å². The maximum Gasteiger partial charge on any atom is 0.0329 e. The van der Waals surface area contributed by atoms with Gasteiger partial charge in [0.25, 0.3) is 0 Å². The average molecular weight is 286 g/mol. The first-order valence-corrected chi connectivity index (χ1v) is 9.59. The molecule has 0 radical (unpaired) electrons. The van der Waals surface area contributed by atoms with E-state index in [2.05, 4.69) is 17.6 Å². The molecule has 0 amide bonds. The zero-order valence-corrected chi connectivity index (χ0v) is 13.3.